The van der Waals surface area contributed by atoms with Crippen molar-refractivity contribution in [2.45, 2.75) is 71.3 Å². The molecule has 1 nitrogen and oxygen atoms in total. The lowest BCUT2D eigenvalue weighted by molar-refractivity contribution is 0.327. The van der Waals surface area contributed by atoms with Gasteiger partial charge in [-0.1, -0.05) is 65.2 Å². The average Bonchev–Trinajstić information content (AvgIpc) is 2.38. The molecule has 2 unspecified atom stereocenters. The quantitative estimate of drug-likeness (QED) is 0.770. The Morgan fingerprint density at radius 2 is 1.89 bits per heavy atom. The van der Waals surface area contributed by atoms with Crippen LogP contribution >= 0.6 is 0 Å². The zero-order valence-electron chi connectivity index (χ0n) is 13.0. The van der Waals surface area contributed by atoms with Crippen molar-refractivity contribution < 1.29 is 0 Å². The number of rotatable bonds is 3. The minimum atomic E-state index is 0.211. The van der Waals surface area contributed by atoms with Gasteiger partial charge in [-0.05, 0) is 35.8 Å². The van der Waals surface area contributed by atoms with Crippen LogP contribution in [-0.4, -0.2) is 6.04 Å². The Labute approximate surface area is 118 Å². The maximum atomic E-state index is 3.82. The summed E-state index contributed by atoms with van der Waals surface area (Å²) in [5, 5.41) is 3.82. The van der Waals surface area contributed by atoms with Gasteiger partial charge in [0.1, 0.15) is 0 Å². The highest BCUT2D eigenvalue weighted by Gasteiger charge is 2.23. The number of nitrogens with one attached hydrogen (secondary N) is 1. The van der Waals surface area contributed by atoms with Crippen molar-refractivity contribution in [2.75, 3.05) is 5.32 Å². The van der Waals surface area contributed by atoms with Crippen LogP contribution in [0.5, 0.6) is 0 Å². The highest BCUT2D eigenvalue weighted by molar-refractivity contribution is 5.54. The number of hydrogen-bond donors (Lipinski definition) is 1. The summed E-state index contributed by atoms with van der Waals surface area (Å²) in [6, 6.07) is 9.49. The van der Waals surface area contributed by atoms with Crippen LogP contribution in [0.15, 0.2) is 24.3 Å². The number of hydrogen-bond acceptors (Lipinski definition) is 1. The first kappa shape index (κ1) is 14.4. The van der Waals surface area contributed by atoms with Crippen molar-refractivity contribution in [3.05, 3.63) is 29.8 Å². The molecule has 0 amide bonds. The van der Waals surface area contributed by atoms with Crippen molar-refractivity contribution >= 4 is 5.69 Å². The lowest BCUT2D eigenvalue weighted by Crippen LogP contribution is -2.28. The zero-order valence-corrected chi connectivity index (χ0v) is 13.0. The molecule has 1 aliphatic carbocycles. The molecular formula is C18H29N. The molecule has 0 aliphatic heterocycles. The summed E-state index contributed by atoms with van der Waals surface area (Å²) in [7, 11) is 0. The number of para-hydroxylation sites is 1. The summed E-state index contributed by atoms with van der Waals surface area (Å²) >= 11 is 0. The number of anilines is 1. The van der Waals surface area contributed by atoms with Crippen LogP contribution in [0.3, 0.4) is 0 Å². The Kier molecular flexibility index (Phi) is 4.54. The van der Waals surface area contributed by atoms with E-state index in [1.54, 1.807) is 0 Å². The fourth-order valence-electron chi connectivity index (χ4n) is 3.28. The van der Waals surface area contributed by atoms with Gasteiger partial charge < -0.3 is 5.32 Å². The van der Waals surface area contributed by atoms with Crippen LogP contribution in [0, 0.1) is 5.92 Å². The molecule has 19 heavy (non-hydrogen) atoms. The van der Waals surface area contributed by atoms with Gasteiger partial charge in [-0.25, -0.2) is 0 Å². The Morgan fingerprint density at radius 3 is 2.58 bits per heavy atom. The number of benzene rings is 1. The second-order valence-electron chi connectivity index (χ2n) is 7.08. The Morgan fingerprint density at radius 1 is 1.16 bits per heavy atom. The summed E-state index contributed by atoms with van der Waals surface area (Å²) in [6.07, 6.45) is 6.81. The third kappa shape index (κ3) is 3.75. The summed E-state index contributed by atoms with van der Waals surface area (Å²) in [5.74, 6) is 0.924. The van der Waals surface area contributed by atoms with Gasteiger partial charge >= 0.3 is 0 Å². The van der Waals surface area contributed by atoms with Gasteiger partial charge in [0, 0.05) is 11.7 Å². The summed E-state index contributed by atoms with van der Waals surface area (Å²) in [4.78, 5) is 0. The van der Waals surface area contributed by atoms with Gasteiger partial charge in [0.05, 0.1) is 0 Å². The maximum absolute atomic E-state index is 3.82. The van der Waals surface area contributed by atoms with E-state index in [0.717, 1.165) is 5.92 Å². The van der Waals surface area contributed by atoms with Gasteiger partial charge in [-0.2, -0.15) is 0 Å². The van der Waals surface area contributed by atoms with Crippen LogP contribution in [-0.2, 0) is 5.41 Å². The highest BCUT2D eigenvalue weighted by Crippen LogP contribution is 2.33. The highest BCUT2D eigenvalue weighted by atomic mass is 14.9. The zero-order chi connectivity index (χ0) is 13.9. The normalized spacial score (nSPS) is 24.2. The van der Waals surface area contributed by atoms with Gasteiger partial charge in [-0.3, -0.25) is 0 Å². The Balaban J connectivity index is 2.11. The van der Waals surface area contributed by atoms with Crippen LogP contribution < -0.4 is 5.32 Å². The topological polar surface area (TPSA) is 12.0 Å². The van der Waals surface area contributed by atoms with E-state index in [2.05, 4.69) is 57.3 Å². The fourth-order valence-corrected chi connectivity index (χ4v) is 3.28. The molecule has 106 valence electrons. The first-order valence-corrected chi connectivity index (χ1v) is 7.86. The second-order valence-corrected chi connectivity index (χ2v) is 7.08. The van der Waals surface area contributed by atoms with E-state index in [1.807, 2.05) is 0 Å². The molecule has 1 heteroatoms. The van der Waals surface area contributed by atoms with E-state index < -0.39 is 0 Å². The minimum Gasteiger partial charge on any atom is -0.382 e. The molecule has 1 fully saturated rings. The monoisotopic (exact) mass is 259 g/mol. The second kappa shape index (κ2) is 5.98. The molecule has 1 N–H and O–H groups in total. The molecule has 1 aromatic rings. The fraction of sp³-hybridized carbons (Fsp3) is 0.667. The van der Waals surface area contributed by atoms with E-state index >= 15 is 0 Å². The standard InChI is InChI=1S/C18H29N/c1-5-14-9-8-10-15(13-14)19-17-12-7-6-11-16(17)18(2,3)4/h6-7,11-12,14-15,19H,5,8-10,13H2,1-4H3. The molecule has 0 spiro atoms. The van der Waals surface area contributed by atoms with Gasteiger partial charge in [0.15, 0.2) is 0 Å². The molecule has 0 radical (unpaired) electrons. The van der Waals surface area contributed by atoms with E-state index in [0.29, 0.717) is 6.04 Å². The first-order valence-electron chi connectivity index (χ1n) is 7.86. The first-order chi connectivity index (χ1) is 9.00. The molecule has 0 bridgehead atoms. The SMILES string of the molecule is CCC1CCCC(Nc2ccccc2C(C)(C)C)C1. The van der Waals surface area contributed by atoms with Crippen LogP contribution in [0.2, 0.25) is 0 Å². The molecule has 0 aromatic heterocycles. The molecule has 1 aliphatic rings. The Bertz CT molecular complexity index is 402. The molecular weight excluding hydrogens is 230 g/mol. The van der Waals surface area contributed by atoms with Crippen LogP contribution in [0.4, 0.5) is 5.69 Å². The third-order valence-electron chi connectivity index (χ3n) is 4.45. The van der Waals surface area contributed by atoms with Crippen molar-refractivity contribution in [1.82, 2.24) is 0 Å². The Hall–Kier alpha value is -0.980. The molecule has 0 saturated heterocycles. The van der Waals surface area contributed by atoms with Crippen molar-refractivity contribution in [1.29, 1.82) is 0 Å². The average molecular weight is 259 g/mol. The lowest BCUT2D eigenvalue weighted by Gasteiger charge is -2.32. The van der Waals surface area contributed by atoms with Crippen molar-refractivity contribution in [3.63, 3.8) is 0 Å². The summed E-state index contributed by atoms with van der Waals surface area (Å²) in [5.41, 5.74) is 2.99. The van der Waals surface area contributed by atoms with E-state index in [-0.39, 0.29) is 5.41 Å². The lowest BCUT2D eigenvalue weighted by atomic mass is 9.82. The van der Waals surface area contributed by atoms with Crippen molar-refractivity contribution in [3.8, 4) is 0 Å². The molecule has 1 saturated carbocycles. The smallest absolute Gasteiger partial charge is 0.0380 e. The predicted molar refractivity (Wildman–Crippen MR) is 84.8 cm³/mol. The summed E-state index contributed by atoms with van der Waals surface area (Å²) < 4.78 is 0. The predicted octanol–water partition coefficient (Wildman–Crippen LogP) is 5.36. The van der Waals surface area contributed by atoms with Gasteiger partial charge in [-0.15, -0.1) is 0 Å². The molecule has 1 aromatic carbocycles. The minimum absolute atomic E-state index is 0.211. The van der Waals surface area contributed by atoms with Gasteiger partial charge in [0.2, 0.25) is 0 Å². The molecule has 2 rings (SSSR count). The third-order valence-corrected chi connectivity index (χ3v) is 4.45. The largest absolute Gasteiger partial charge is 0.382 e. The summed E-state index contributed by atoms with van der Waals surface area (Å²) in [6.45, 7) is 9.21. The van der Waals surface area contributed by atoms with E-state index in [1.165, 1.54) is 43.4 Å². The van der Waals surface area contributed by atoms with Crippen molar-refractivity contribution in [2.24, 2.45) is 5.92 Å². The van der Waals surface area contributed by atoms with Crippen LogP contribution in [0.1, 0.15) is 65.4 Å². The molecule has 0 heterocycles. The molecule has 2 atom stereocenters. The van der Waals surface area contributed by atoms with E-state index in [9.17, 15) is 0 Å². The van der Waals surface area contributed by atoms with E-state index in [4.69, 9.17) is 0 Å². The maximum Gasteiger partial charge on any atom is 0.0380 e. The van der Waals surface area contributed by atoms with Gasteiger partial charge in [0.25, 0.3) is 0 Å². The van der Waals surface area contributed by atoms with Crippen LogP contribution in [0.25, 0.3) is 0 Å².